The summed E-state index contributed by atoms with van der Waals surface area (Å²) in [6.45, 7) is 0.219. The molecule has 1 aliphatic heterocycles. The van der Waals surface area contributed by atoms with Crippen LogP contribution >= 0.6 is 0 Å². The Hall–Kier alpha value is -1.82. The molecule has 2 atom stereocenters. The number of hydrogen-bond donors (Lipinski definition) is 0. The number of para-hydroxylation sites is 1. The summed E-state index contributed by atoms with van der Waals surface area (Å²) in [5, 5.41) is -0.474. The summed E-state index contributed by atoms with van der Waals surface area (Å²) in [6, 6.07) is 7.31. The second kappa shape index (κ2) is 6.59. The molecule has 0 N–H and O–H groups in total. The minimum atomic E-state index is -3.18. The lowest BCUT2D eigenvalue weighted by Gasteiger charge is -2.37. The number of carbonyl (C=O) groups is 1. The predicted molar refractivity (Wildman–Crippen MR) is 93.6 cm³/mol. The number of rotatable bonds is 3. The van der Waals surface area contributed by atoms with Crippen molar-refractivity contribution in [1.29, 1.82) is 0 Å². The topological polar surface area (TPSA) is 63.7 Å². The Morgan fingerprint density at radius 1 is 1.21 bits per heavy atom. The first-order chi connectivity index (χ1) is 11.4. The fourth-order valence-corrected chi connectivity index (χ4v) is 5.12. The number of fused-ring (bicyclic) bond motifs is 1. The second-order valence-corrected chi connectivity index (χ2v) is 8.90. The van der Waals surface area contributed by atoms with Crippen LogP contribution in [0, 0.1) is 0 Å². The summed E-state index contributed by atoms with van der Waals surface area (Å²) in [6.07, 6.45) is 6.32. The van der Waals surface area contributed by atoms with Crippen LogP contribution in [-0.4, -0.2) is 50.4 Å². The maximum Gasteiger partial charge on any atom is 0.253 e. The van der Waals surface area contributed by atoms with Crippen molar-refractivity contribution in [3.63, 3.8) is 0 Å². The van der Waals surface area contributed by atoms with Gasteiger partial charge in [-0.05, 0) is 25.0 Å². The van der Waals surface area contributed by atoms with Gasteiger partial charge in [0.1, 0.15) is 12.4 Å². The Balaban J connectivity index is 1.83. The molecule has 5 nitrogen and oxygen atoms in total. The van der Waals surface area contributed by atoms with Gasteiger partial charge in [-0.25, -0.2) is 8.42 Å². The van der Waals surface area contributed by atoms with E-state index in [1.807, 2.05) is 30.3 Å². The molecule has 0 saturated heterocycles. The molecule has 0 spiro atoms. The van der Waals surface area contributed by atoms with Gasteiger partial charge >= 0.3 is 0 Å². The number of nitrogens with zero attached hydrogens (tertiary/aromatic N) is 1. The zero-order valence-electron chi connectivity index (χ0n) is 14.1. The third kappa shape index (κ3) is 3.34. The molecule has 1 aliphatic carbocycles. The van der Waals surface area contributed by atoms with Gasteiger partial charge in [0.2, 0.25) is 0 Å². The molecule has 1 heterocycles. The van der Waals surface area contributed by atoms with E-state index in [4.69, 9.17) is 4.74 Å². The lowest BCUT2D eigenvalue weighted by atomic mass is 9.93. The molecule has 6 heteroatoms. The minimum Gasteiger partial charge on any atom is -0.488 e. The number of sulfone groups is 1. The summed E-state index contributed by atoms with van der Waals surface area (Å²) in [5.41, 5.74) is 1.44. The normalized spacial score (nSPS) is 23.7. The lowest BCUT2D eigenvalue weighted by molar-refractivity contribution is -0.128. The molecule has 1 saturated carbocycles. The first-order valence-corrected chi connectivity index (χ1v) is 10.2. The fraction of sp³-hybridized carbons (Fsp3) is 0.500. The zero-order valence-corrected chi connectivity index (χ0v) is 14.9. The van der Waals surface area contributed by atoms with Crippen LogP contribution in [0.5, 0.6) is 5.75 Å². The molecule has 0 bridgehead atoms. The van der Waals surface area contributed by atoms with E-state index in [2.05, 4.69) is 0 Å². The van der Waals surface area contributed by atoms with Crippen molar-refractivity contribution in [3.8, 4) is 5.75 Å². The average Bonchev–Trinajstić information content (AvgIpc) is 2.59. The van der Waals surface area contributed by atoms with Crippen molar-refractivity contribution in [3.05, 3.63) is 35.4 Å². The zero-order chi connectivity index (χ0) is 17.3. The highest BCUT2D eigenvalue weighted by molar-refractivity contribution is 7.91. The molecule has 1 aromatic carbocycles. The highest BCUT2D eigenvalue weighted by Crippen LogP contribution is 2.30. The van der Waals surface area contributed by atoms with E-state index in [1.165, 1.54) is 6.26 Å². The molecule has 3 rings (SSSR count). The van der Waals surface area contributed by atoms with E-state index in [1.54, 1.807) is 11.9 Å². The van der Waals surface area contributed by atoms with Crippen LogP contribution < -0.4 is 4.74 Å². The Kier molecular flexibility index (Phi) is 4.67. The van der Waals surface area contributed by atoms with E-state index >= 15 is 0 Å². The molecule has 0 radical (unpaired) electrons. The van der Waals surface area contributed by atoms with Crippen molar-refractivity contribution < 1.29 is 17.9 Å². The summed E-state index contributed by atoms with van der Waals surface area (Å²) >= 11 is 0. The predicted octanol–water partition coefficient (Wildman–Crippen LogP) is 2.28. The molecule has 0 unspecified atom stereocenters. The molecule has 2 aliphatic rings. The average molecular weight is 349 g/mol. The maximum atomic E-state index is 12.9. The van der Waals surface area contributed by atoms with E-state index < -0.39 is 15.1 Å². The van der Waals surface area contributed by atoms with Crippen molar-refractivity contribution in [2.24, 2.45) is 0 Å². The van der Waals surface area contributed by atoms with E-state index in [-0.39, 0.29) is 18.6 Å². The summed E-state index contributed by atoms with van der Waals surface area (Å²) in [5.74, 6) is 0.619. The SMILES string of the molecule is CN(C(=O)C1=Cc2ccccc2OC1)[C@@H]1CCCC[C@H]1S(C)(=O)=O. The van der Waals surface area contributed by atoms with Crippen LogP contribution in [-0.2, 0) is 14.6 Å². The number of benzene rings is 1. The molecule has 1 aromatic rings. The summed E-state index contributed by atoms with van der Waals surface area (Å²) in [4.78, 5) is 14.5. The van der Waals surface area contributed by atoms with Gasteiger partial charge in [0.15, 0.2) is 9.84 Å². The molecular formula is C18H23NO4S. The standard InChI is InChI=1S/C18H23NO4S/c1-19(15-8-4-6-10-17(15)24(2,21)22)18(20)14-11-13-7-3-5-9-16(13)23-12-14/h3,5,7,9,11,15,17H,4,6,8,10,12H2,1-2H3/t15-,17-/m1/s1. The van der Waals surface area contributed by atoms with Crippen molar-refractivity contribution in [2.45, 2.75) is 37.0 Å². The molecule has 130 valence electrons. The number of likely N-dealkylation sites (N-methyl/N-ethyl adjacent to an activating group) is 1. The second-order valence-electron chi connectivity index (χ2n) is 6.63. The van der Waals surface area contributed by atoms with E-state index in [9.17, 15) is 13.2 Å². The summed E-state index contributed by atoms with van der Waals surface area (Å²) < 4.78 is 29.8. The Morgan fingerprint density at radius 2 is 1.92 bits per heavy atom. The highest BCUT2D eigenvalue weighted by atomic mass is 32.2. The lowest BCUT2D eigenvalue weighted by Crippen LogP contribution is -2.50. The van der Waals surface area contributed by atoms with Gasteiger partial charge in [-0.1, -0.05) is 31.0 Å². The molecule has 1 amide bonds. The third-order valence-corrected chi connectivity index (χ3v) is 6.59. The van der Waals surface area contributed by atoms with Gasteiger partial charge in [0.25, 0.3) is 5.91 Å². The van der Waals surface area contributed by atoms with Gasteiger partial charge < -0.3 is 9.64 Å². The first-order valence-electron chi connectivity index (χ1n) is 8.26. The third-order valence-electron chi connectivity index (χ3n) is 4.94. The van der Waals surface area contributed by atoms with Gasteiger partial charge in [0.05, 0.1) is 10.8 Å². The van der Waals surface area contributed by atoms with Crippen molar-refractivity contribution in [2.75, 3.05) is 19.9 Å². The van der Waals surface area contributed by atoms with Gasteiger partial charge in [-0.15, -0.1) is 0 Å². The van der Waals surface area contributed by atoms with E-state index in [0.29, 0.717) is 12.0 Å². The Bertz CT molecular complexity index is 769. The Morgan fingerprint density at radius 3 is 2.67 bits per heavy atom. The van der Waals surface area contributed by atoms with Crippen LogP contribution in [0.2, 0.25) is 0 Å². The molecule has 24 heavy (non-hydrogen) atoms. The molecule has 1 fully saturated rings. The van der Waals surface area contributed by atoms with Crippen molar-refractivity contribution >= 4 is 21.8 Å². The smallest absolute Gasteiger partial charge is 0.253 e. The highest BCUT2D eigenvalue weighted by Gasteiger charge is 2.37. The first kappa shape index (κ1) is 17.0. The number of ether oxygens (including phenoxy) is 1. The monoisotopic (exact) mass is 349 g/mol. The van der Waals surface area contributed by atoms with Crippen LogP contribution in [0.15, 0.2) is 29.8 Å². The minimum absolute atomic E-state index is 0.148. The number of amides is 1. The van der Waals surface area contributed by atoms with Gasteiger partial charge in [0, 0.05) is 24.9 Å². The van der Waals surface area contributed by atoms with Gasteiger partial charge in [-0.3, -0.25) is 4.79 Å². The molecular weight excluding hydrogens is 326 g/mol. The fourth-order valence-electron chi connectivity index (χ4n) is 3.64. The van der Waals surface area contributed by atoms with Crippen LogP contribution in [0.25, 0.3) is 6.08 Å². The van der Waals surface area contributed by atoms with Crippen LogP contribution in [0.4, 0.5) is 0 Å². The Labute approximate surface area is 143 Å². The summed E-state index contributed by atoms with van der Waals surface area (Å²) in [7, 11) is -1.47. The van der Waals surface area contributed by atoms with Crippen LogP contribution in [0.3, 0.4) is 0 Å². The quantitative estimate of drug-likeness (QED) is 0.840. The van der Waals surface area contributed by atoms with Gasteiger partial charge in [-0.2, -0.15) is 0 Å². The van der Waals surface area contributed by atoms with Crippen LogP contribution in [0.1, 0.15) is 31.2 Å². The molecule has 0 aromatic heterocycles. The number of carbonyl (C=O) groups excluding carboxylic acids is 1. The van der Waals surface area contributed by atoms with Crippen molar-refractivity contribution in [1.82, 2.24) is 4.90 Å². The number of hydrogen-bond acceptors (Lipinski definition) is 4. The largest absolute Gasteiger partial charge is 0.488 e. The maximum absolute atomic E-state index is 12.9. The van der Waals surface area contributed by atoms with E-state index in [0.717, 1.165) is 30.6 Å².